The van der Waals surface area contributed by atoms with E-state index in [2.05, 4.69) is 28.6 Å². The smallest absolute Gasteiger partial charge is 0.274 e. The summed E-state index contributed by atoms with van der Waals surface area (Å²) in [6.07, 6.45) is 3.31. The summed E-state index contributed by atoms with van der Waals surface area (Å²) in [7, 11) is 0. The molecular weight excluding hydrogens is 260 g/mol. The van der Waals surface area contributed by atoms with Gasteiger partial charge in [-0.15, -0.1) is 11.3 Å². The summed E-state index contributed by atoms with van der Waals surface area (Å²) in [5.74, 6) is -0.0568. The molecule has 0 saturated heterocycles. The van der Waals surface area contributed by atoms with E-state index in [4.69, 9.17) is 5.73 Å². The number of rotatable bonds is 2. The Labute approximate surface area is 115 Å². The Morgan fingerprint density at radius 2 is 2.53 bits per heavy atom. The molecule has 0 radical (unpaired) electrons. The van der Waals surface area contributed by atoms with Gasteiger partial charge in [0.1, 0.15) is 5.69 Å². The lowest BCUT2D eigenvalue weighted by atomic mass is 9.97. The van der Waals surface area contributed by atoms with Gasteiger partial charge in [0.25, 0.3) is 5.91 Å². The highest BCUT2D eigenvalue weighted by molar-refractivity contribution is 7.10. The minimum Gasteiger partial charge on any atom is -0.396 e. The highest BCUT2D eigenvalue weighted by atomic mass is 32.1. The van der Waals surface area contributed by atoms with Gasteiger partial charge in [-0.1, -0.05) is 6.92 Å². The molecule has 5 nitrogen and oxygen atoms in total. The summed E-state index contributed by atoms with van der Waals surface area (Å²) in [6.45, 7) is 2.84. The third-order valence-corrected chi connectivity index (χ3v) is 4.62. The molecule has 0 aliphatic carbocycles. The number of aromatic nitrogens is 2. The maximum atomic E-state index is 12.6. The lowest BCUT2D eigenvalue weighted by molar-refractivity contribution is 0.0652. The van der Waals surface area contributed by atoms with Crippen LogP contribution in [0.2, 0.25) is 0 Å². The van der Waals surface area contributed by atoms with Crippen molar-refractivity contribution in [1.29, 1.82) is 0 Å². The molecule has 0 saturated carbocycles. The number of hydrogen-bond donors (Lipinski definition) is 2. The number of nitrogens with one attached hydrogen (secondary N) is 1. The largest absolute Gasteiger partial charge is 0.396 e. The molecule has 1 aliphatic heterocycles. The Kier molecular flexibility index (Phi) is 3.02. The van der Waals surface area contributed by atoms with Crippen LogP contribution in [-0.2, 0) is 6.42 Å². The fourth-order valence-corrected chi connectivity index (χ4v) is 3.62. The Balaban J connectivity index is 1.94. The number of H-pyrrole nitrogens is 1. The average molecular weight is 276 g/mol. The zero-order chi connectivity index (χ0) is 13.4. The van der Waals surface area contributed by atoms with Crippen molar-refractivity contribution in [1.82, 2.24) is 15.1 Å². The predicted molar refractivity (Wildman–Crippen MR) is 75.1 cm³/mol. The lowest BCUT2D eigenvalue weighted by Gasteiger charge is -2.35. The number of hydrogen-bond acceptors (Lipinski definition) is 4. The van der Waals surface area contributed by atoms with Crippen molar-refractivity contribution >= 4 is 22.9 Å². The predicted octanol–water partition coefficient (Wildman–Crippen LogP) is 2.20. The zero-order valence-corrected chi connectivity index (χ0v) is 11.5. The van der Waals surface area contributed by atoms with Crippen molar-refractivity contribution in [2.45, 2.75) is 25.8 Å². The van der Waals surface area contributed by atoms with Crippen LogP contribution in [0.5, 0.6) is 0 Å². The van der Waals surface area contributed by atoms with E-state index < -0.39 is 0 Å². The Hall–Kier alpha value is -1.82. The van der Waals surface area contributed by atoms with Gasteiger partial charge >= 0.3 is 0 Å². The first-order valence-corrected chi connectivity index (χ1v) is 7.26. The van der Waals surface area contributed by atoms with Crippen molar-refractivity contribution in [3.8, 4) is 0 Å². The standard InChI is InChI=1S/C13H16N4OS/c1-2-10-8-4-6-19-11(8)3-5-17(10)13(18)12-9(14)7-15-16-12/h4,6-7,10H,2-3,5,14H2,1H3,(H,15,16). The van der Waals surface area contributed by atoms with Crippen LogP contribution in [0.25, 0.3) is 0 Å². The van der Waals surface area contributed by atoms with Crippen LogP contribution < -0.4 is 5.73 Å². The molecule has 3 heterocycles. The van der Waals surface area contributed by atoms with Gasteiger partial charge in [-0.05, 0) is 29.9 Å². The Morgan fingerprint density at radius 3 is 3.21 bits per heavy atom. The number of nitrogen functional groups attached to an aromatic ring is 1. The minimum absolute atomic E-state index is 0.0568. The number of thiophene rings is 1. The van der Waals surface area contributed by atoms with E-state index in [1.54, 1.807) is 11.3 Å². The van der Waals surface area contributed by atoms with E-state index in [0.717, 1.165) is 19.4 Å². The van der Waals surface area contributed by atoms with Crippen molar-refractivity contribution in [3.05, 3.63) is 33.8 Å². The molecule has 0 aromatic carbocycles. The molecule has 19 heavy (non-hydrogen) atoms. The Bertz CT molecular complexity index is 603. The molecule has 0 fully saturated rings. The van der Waals surface area contributed by atoms with E-state index in [0.29, 0.717) is 11.4 Å². The second-order valence-electron chi connectivity index (χ2n) is 4.67. The van der Waals surface area contributed by atoms with Gasteiger partial charge in [0, 0.05) is 11.4 Å². The van der Waals surface area contributed by atoms with Crippen molar-refractivity contribution in [2.75, 3.05) is 12.3 Å². The maximum absolute atomic E-state index is 12.6. The van der Waals surface area contributed by atoms with Crippen LogP contribution in [0, 0.1) is 0 Å². The van der Waals surface area contributed by atoms with E-state index in [9.17, 15) is 4.79 Å². The highest BCUT2D eigenvalue weighted by Gasteiger charge is 2.32. The normalized spacial score (nSPS) is 18.4. The number of fused-ring (bicyclic) bond motifs is 1. The number of aromatic amines is 1. The number of carbonyl (C=O) groups is 1. The molecule has 2 aromatic heterocycles. The molecule has 0 spiro atoms. The second kappa shape index (κ2) is 4.70. The lowest BCUT2D eigenvalue weighted by Crippen LogP contribution is -2.39. The maximum Gasteiger partial charge on any atom is 0.274 e. The van der Waals surface area contributed by atoms with Gasteiger partial charge in [0.15, 0.2) is 0 Å². The van der Waals surface area contributed by atoms with Gasteiger partial charge in [0.2, 0.25) is 0 Å². The molecule has 100 valence electrons. The van der Waals surface area contributed by atoms with Crippen molar-refractivity contribution < 1.29 is 4.79 Å². The number of nitrogens with two attached hydrogens (primary N) is 1. The molecule has 1 amide bonds. The monoisotopic (exact) mass is 276 g/mol. The average Bonchev–Trinajstić information content (AvgIpc) is 3.04. The molecule has 1 aliphatic rings. The van der Waals surface area contributed by atoms with Crippen LogP contribution in [-0.4, -0.2) is 27.5 Å². The van der Waals surface area contributed by atoms with E-state index >= 15 is 0 Å². The first kappa shape index (κ1) is 12.2. The molecule has 1 unspecified atom stereocenters. The summed E-state index contributed by atoms with van der Waals surface area (Å²) >= 11 is 1.78. The molecule has 1 atom stereocenters. The number of amides is 1. The van der Waals surface area contributed by atoms with Crippen LogP contribution in [0.4, 0.5) is 5.69 Å². The SMILES string of the molecule is CCC1c2ccsc2CCN1C(=O)c1[nH]ncc1N. The first-order chi connectivity index (χ1) is 9.22. The number of nitrogens with zero attached hydrogens (tertiary/aromatic N) is 2. The third kappa shape index (κ3) is 1.92. The van der Waals surface area contributed by atoms with Gasteiger partial charge in [0.05, 0.1) is 17.9 Å². The summed E-state index contributed by atoms with van der Waals surface area (Å²) < 4.78 is 0. The fourth-order valence-electron chi connectivity index (χ4n) is 2.69. The molecule has 2 aromatic rings. The summed E-state index contributed by atoms with van der Waals surface area (Å²) in [6, 6.07) is 2.27. The second-order valence-corrected chi connectivity index (χ2v) is 5.67. The number of anilines is 1. The molecule has 6 heteroatoms. The minimum atomic E-state index is -0.0568. The molecule has 0 bridgehead atoms. The topological polar surface area (TPSA) is 75.0 Å². The molecule has 3 rings (SSSR count). The van der Waals surface area contributed by atoms with Crippen molar-refractivity contribution in [2.24, 2.45) is 0 Å². The van der Waals surface area contributed by atoms with Crippen LogP contribution >= 0.6 is 11.3 Å². The third-order valence-electron chi connectivity index (χ3n) is 3.62. The summed E-state index contributed by atoms with van der Waals surface area (Å²) in [4.78, 5) is 15.9. The van der Waals surface area contributed by atoms with Crippen LogP contribution in [0.3, 0.4) is 0 Å². The molecular formula is C13H16N4OS. The zero-order valence-electron chi connectivity index (χ0n) is 10.7. The van der Waals surface area contributed by atoms with Gasteiger partial charge < -0.3 is 10.6 Å². The quantitative estimate of drug-likeness (QED) is 0.883. The first-order valence-electron chi connectivity index (χ1n) is 6.38. The van der Waals surface area contributed by atoms with Crippen LogP contribution in [0.15, 0.2) is 17.6 Å². The van der Waals surface area contributed by atoms with Crippen molar-refractivity contribution in [3.63, 3.8) is 0 Å². The fraction of sp³-hybridized carbons (Fsp3) is 0.385. The van der Waals surface area contributed by atoms with E-state index in [1.165, 1.54) is 16.6 Å². The van der Waals surface area contributed by atoms with E-state index in [1.807, 2.05) is 4.90 Å². The van der Waals surface area contributed by atoms with Crippen LogP contribution in [0.1, 0.15) is 40.3 Å². The number of carbonyl (C=O) groups excluding carboxylic acids is 1. The highest BCUT2D eigenvalue weighted by Crippen LogP contribution is 2.36. The van der Waals surface area contributed by atoms with Gasteiger partial charge in [-0.2, -0.15) is 5.10 Å². The molecule has 3 N–H and O–H groups in total. The Morgan fingerprint density at radius 1 is 1.68 bits per heavy atom. The van der Waals surface area contributed by atoms with Gasteiger partial charge in [-0.3, -0.25) is 9.89 Å². The van der Waals surface area contributed by atoms with Gasteiger partial charge in [-0.25, -0.2) is 0 Å². The summed E-state index contributed by atoms with van der Waals surface area (Å²) in [5.41, 5.74) is 7.87. The van der Waals surface area contributed by atoms with E-state index in [-0.39, 0.29) is 11.9 Å². The summed E-state index contributed by atoms with van der Waals surface area (Å²) in [5, 5.41) is 8.63.